The van der Waals surface area contributed by atoms with E-state index in [-0.39, 0.29) is 16.7 Å². The maximum absolute atomic E-state index is 12.4. The van der Waals surface area contributed by atoms with Crippen molar-refractivity contribution in [3.63, 3.8) is 0 Å². The number of phenolic OH excluding ortho intramolecular Hbond substituents is 1. The van der Waals surface area contributed by atoms with Gasteiger partial charge in [0, 0.05) is 6.04 Å². The summed E-state index contributed by atoms with van der Waals surface area (Å²) in [6.07, 6.45) is 4.15. The molecule has 1 aliphatic carbocycles. The zero-order valence-corrected chi connectivity index (χ0v) is 12.9. The van der Waals surface area contributed by atoms with E-state index in [4.69, 9.17) is 0 Å². The minimum Gasteiger partial charge on any atom is -0.507 e. The van der Waals surface area contributed by atoms with E-state index in [1.165, 1.54) is 12.1 Å². The number of rotatable bonds is 4. The molecular weight excluding hydrogens is 274 g/mol. The fourth-order valence-electron chi connectivity index (χ4n) is 3.05. The highest BCUT2D eigenvalue weighted by Crippen LogP contribution is 2.32. The smallest absolute Gasteiger partial charge is 0.244 e. The average Bonchev–Trinajstić information content (AvgIpc) is 2.39. The first kappa shape index (κ1) is 15.3. The molecule has 1 aliphatic rings. The molecule has 2 atom stereocenters. The molecular formula is C15H23NO3S. The van der Waals surface area contributed by atoms with Crippen LogP contribution in [0, 0.1) is 11.8 Å². The summed E-state index contributed by atoms with van der Waals surface area (Å²) >= 11 is 0. The summed E-state index contributed by atoms with van der Waals surface area (Å²) in [6, 6.07) is 6.04. The van der Waals surface area contributed by atoms with Crippen LogP contribution in [-0.4, -0.2) is 19.6 Å². The third-order valence-electron chi connectivity index (χ3n) is 4.14. The van der Waals surface area contributed by atoms with Crippen LogP contribution in [0.4, 0.5) is 0 Å². The zero-order chi connectivity index (χ0) is 14.8. The summed E-state index contributed by atoms with van der Waals surface area (Å²) < 4.78 is 27.6. The van der Waals surface area contributed by atoms with Gasteiger partial charge in [0.15, 0.2) is 0 Å². The van der Waals surface area contributed by atoms with E-state index in [1.54, 1.807) is 12.1 Å². The molecule has 2 N–H and O–H groups in total. The Labute approximate surface area is 121 Å². The quantitative estimate of drug-likeness (QED) is 0.898. The maximum atomic E-state index is 12.4. The van der Waals surface area contributed by atoms with Crippen LogP contribution in [0.25, 0.3) is 0 Å². The van der Waals surface area contributed by atoms with Gasteiger partial charge in [-0.25, -0.2) is 13.1 Å². The lowest BCUT2D eigenvalue weighted by Crippen LogP contribution is -2.43. The number of aromatic hydroxyl groups is 1. The highest BCUT2D eigenvalue weighted by Gasteiger charge is 2.31. The number of benzene rings is 1. The normalized spacial score (nSPS) is 23.9. The molecule has 0 heterocycles. The van der Waals surface area contributed by atoms with Crippen LogP contribution in [0.15, 0.2) is 29.2 Å². The molecule has 0 spiro atoms. The van der Waals surface area contributed by atoms with E-state index in [2.05, 4.69) is 18.6 Å². The molecule has 0 aliphatic heterocycles. The van der Waals surface area contributed by atoms with Gasteiger partial charge in [-0.15, -0.1) is 0 Å². The zero-order valence-electron chi connectivity index (χ0n) is 12.0. The second kappa shape index (κ2) is 6.14. The molecule has 112 valence electrons. The lowest BCUT2D eigenvalue weighted by molar-refractivity contribution is 0.226. The molecule has 1 fully saturated rings. The summed E-state index contributed by atoms with van der Waals surface area (Å²) in [5.74, 6) is 0.619. The van der Waals surface area contributed by atoms with Crippen molar-refractivity contribution < 1.29 is 13.5 Å². The van der Waals surface area contributed by atoms with Crippen molar-refractivity contribution in [3.05, 3.63) is 24.3 Å². The summed E-state index contributed by atoms with van der Waals surface area (Å²) in [4.78, 5) is -0.0342. The third-order valence-corrected chi connectivity index (χ3v) is 5.67. The summed E-state index contributed by atoms with van der Waals surface area (Å²) in [6.45, 7) is 4.27. The molecule has 0 aromatic heterocycles. The van der Waals surface area contributed by atoms with Gasteiger partial charge < -0.3 is 5.11 Å². The highest BCUT2D eigenvalue weighted by atomic mass is 32.2. The molecule has 5 heteroatoms. The van der Waals surface area contributed by atoms with Gasteiger partial charge in [-0.2, -0.15) is 0 Å². The number of para-hydroxylation sites is 1. The van der Waals surface area contributed by atoms with Crippen molar-refractivity contribution >= 4 is 10.0 Å². The predicted molar refractivity (Wildman–Crippen MR) is 79.0 cm³/mol. The Morgan fingerprint density at radius 1 is 1.20 bits per heavy atom. The van der Waals surface area contributed by atoms with Gasteiger partial charge in [-0.1, -0.05) is 38.8 Å². The van der Waals surface area contributed by atoms with Gasteiger partial charge in [0.25, 0.3) is 0 Å². The van der Waals surface area contributed by atoms with E-state index < -0.39 is 10.0 Å². The molecule has 1 aromatic rings. The topological polar surface area (TPSA) is 66.4 Å². The van der Waals surface area contributed by atoms with Gasteiger partial charge in [0.05, 0.1) is 0 Å². The van der Waals surface area contributed by atoms with Crippen molar-refractivity contribution in [2.24, 2.45) is 11.8 Å². The molecule has 0 radical (unpaired) electrons. The Kier molecular flexibility index (Phi) is 4.70. The van der Waals surface area contributed by atoms with Gasteiger partial charge in [-0.3, -0.25) is 0 Å². The molecule has 1 aromatic carbocycles. The van der Waals surface area contributed by atoms with Crippen LogP contribution >= 0.6 is 0 Å². The molecule has 4 nitrogen and oxygen atoms in total. The number of hydrogen-bond acceptors (Lipinski definition) is 3. The number of hydrogen-bond donors (Lipinski definition) is 2. The second-order valence-electron chi connectivity index (χ2n) is 5.89. The van der Waals surface area contributed by atoms with Gasteiger partial charge in [0.2, 0.25) is 10.0 Å². The van der Waals surface area contributed by atoms with Crippen LogP contribution in [0.5, 0.6) is 5.75 Å². The van der Waals surface area contributed by atoms with Crippen LogP contribution in [0.2, 0.25) is 0 Å². The highest BCUT2D eigenvalue weighted by molar-refractivity contribution is 7.89. The molecule has 0 bridgehead atoms. The number of nitrogens with one attached hydrogen (secondary N) is 1. The Balaban J connectivity index is 2.21. The maximum Gasteiger partial charge on any atom is 0.244 e. The minimum atomic E-state index is -3.66. The fourth-order valence-corrected chi connectivity index (χ4v) is 4.47. The van der Waals surface area contributed by atoms with Crippen LogP contribution in [-0.2, 0) is 10.0 Å². The first-order chi connectivity index (χ1) is 9.42. The van der Waals surface area contributed by atoms with Gasteiger partial charge in [-0.05, 0) is 36.8 Å². The Hall–Kier alpha value is -1.07. The van der Waals surface area contributed by atoms with E-state index in [9.17, 15) is 13.5 Å². The fraction of sp³-hybridized carbons (Fsp3) is 0.600. The molecule has 0 saturated heterocycles. The van der Waals surface area contributed by atoms with Crippen LogP contribution in [0.1, 0.15) is 39.5 Å². The first-order valence-corrected chi connectivity index (χ1v) is 8.70. The van der Waals surface area contributed by atoms with Crippen molar-refractivity contribution in [3.8, 4) is 5.75 Å². The van der Waals surface area contributed by atoms with E-state index in [1.807, 2.05) is 0 Å². The van der Waals surface area contributed by atoms with E-state index in [0.717, 1.165) is 25.7 Å². The predicted octanol–water partition coefficient (Wildman–Crippen LogP) is 2.89. The number of phenols is 1. The summed E-state index contributed by atoms with van der Waals surface area (Å²) in [7, 11) is -3.66. The Morgan fingerprint density at radius 2 is 1.85 bits per heavy atom. The van der Waals surface area contributed by atoms with Crippen molar-refractivity contribution in [2.75, 3.05) is 0 Å². The lowest BCUT2D eigenvalue weighted by atomic mass is 9.78. The van der Waals surface area contributed by atoms with E-state index in [0.29, 0.717) is 11.8 Å². The molecule has 20 heavy (non-hydrogen) atoms. The molecule has 1 saturated carbocycles. The summed E-state index contributed by atoms with van der Waals surface area (Å²) in [5, 5.41) is 9.73. The van der Waals surface area contributed by atoms with Crippen molar-refractivity contribution in [1.29, 1.82) is 0 Å². The van der Waals surface area contributed by atoms with Gasteiger partial charge in [0.1, 0.15) is 10.6 Å². The van der Waals surface area contributed by atoms with Crippen LogP contribution < -0.4 is 4.72 Å². The van der Waals surface area contributed by atoms with Gasteiger partial charge >= 0.3 is 0 Å². The molecule has 2 rings (SSSR count). The van der Waals surface area contributed by atoms with Crippen molar-refractivity contribution in [1.82, 2.24) is 4.72 Å². The number of sulfonamides is 1. The second-order valence-corrected chi connectivity index (χ2v) is 7.57. The minimum absolute atomic E-state index is 0.0339. The SMILES string of the molecule is CC(C)C1CCCCC1NS(=O)(=O)c1ccccc1O. The first-order valence-electron chi connectivity index (χ1n) is 7.22. The van der Waals surface area contributed by atoms with Crippen LogP contribution in [0.3, 0.4) is 0 Å². The third kappa shape index (κ3) is 3.33. The lowest BCUT2D eigenvalue weighted by Gasteiger charge is -2.34. The summed E-state index contributed by atoms with van der Waals surface area (Å²) in [5.41, 5.74) is 0. The average molecular weight is 297 g/mol. The monoisotopic (exact) mass is 297 g/mol. The van der Waals surface area contributed by atoms with Crippen molar-refractivity contribution in [2.45, 2.75) is 50.5 Å². The Morgan fingerprint density at radius 3 is 2.50 bits per heavy atom. The standard InChI is InChI=1S/C15H23NO3S/c1-11(2)12-7-3-4-8-13(12)16-20(18,19)15-10-6-5-9-14(15)17/h5-6,9-13,16-17H,3-4,7-8H2,1-2H3. The molecule has 0 amide bonds. The Bertz CT molecular complexity index is 554. The van der Waals surface area contributed by atoms with E-state index >= 15 is 0 Å². The molecule has 2 unspecified atom stereocenters. The largest absolute Gasteiger partial charge is 0.507 e.